The number of amides is 1. The maximum absolute atomic E-state index is 12.3. The number of allylic oxidation sites excluding steroid dienone is 4. The van der Waals surface area contributed by atoms with E-state index in [1.165, 1.54) is 22.5 Å². The highest BCUT2D eigenvalue weighted by Crippen LogP contribution is 2.23. The van der Waals surface area contributed by atoms with E-state index in [9.17, 15) is 4.79 Å². The predicted octanol–water partition coefficient (Wildman–Crippen LogP) is 2.21. The van der Waals surface area contributed by atoms with Crippen molar-refractivity contribution in [3.63, 3.8) is 0 Å². The maximum atomic E-state index is 12.3. The smallest absolute Gasteiger partial charge is 0.286 e. The van der Waals surface area contributed by atoms with Crippen molar-refractivity contribution in [1.29, 1.82) is 0 Å². The summed E-state index contributed by atoms with van der Waals surface area (Å²) in [4.78, 5) is 20.1. The summed E-state index contributed by atoms with van der Waals surface area (Å²) in [5.41, 5.74) is 9.59. The molecule has 0 atom stereocenters. The molecule has 2 aliphatic rings. The number of para-hydroxylation sites is 1. The Labute approximate surface area is 147 Å². The van der Waals surface area contributed by atoms with Crippen LogP contribution in [-0.4, -0.2) is 15.9 Å². The summed E-state index contributed by atoms with van der Waals surface area (Å²) in [6.45, 7) is 0. The molecular formula is C19H14N4OS. The van der Waals surface area contributed by atoms with Crippen molar-refractivity contribution in [2.45, 2.75) is 6.42 Å². The lowest BCUT2D eigenvalue weighted by Gasteiger charge is -2.05. The molecular weight excluding hydrogens is 332 g/mol. The predicted molar refractivity (Wildman–Crippen MR) is 100 cm³/mol. The van der Waals surface area contributed by atoms with Gasteiger partial charge in [0.25, 0.3) is 5.91 Å². The van der Waals surface area contributed by atoms with E-state index in [4.69, 9.17) is 0 Å². The van der Waals surface area contributed by atoms with Crippen molar-refractivity contribution >= 4 is 44.9 Å². The maximum Gasteiger partial charge on any atom is 0.286 e. The summed E-state index contributed by atoms with van der Waals surface area (Å²) in [6, 6.07) is 9.64. The Balaban J connectivity index is 1.36. The van der Waals surface area contributed by atoms with Gasteiger partial charge >= 0.3 is 0 Å². The lowest BCUT2D eigenvalue weighted by Crippen LogP contribution is -2.29. The van der Waals surface area contributed by atoms with Gasteiger partial charge in [-0.1, -0.05) is 47.8 Å². The fourth-order valence-electron chi connectivity index (χ4n) is 3.16. The van der Waals surface area contributed by atoms with E-state index in [1.54, 1.807) is 0 Å². The average Bonchev–Trinajstić information content (AvgIpc) is 3.31. The van der Waals surface area contributed by atoms with Crippen molar-refractivity contribution < 1.29 is 4.79 Å². The standard InChI is InChI=1S/C19H14N4OS/c24-18(15-9-12-6-2-4-8-14(12)20-15)22-23-19-21-17-13-7-3-1-5-11(13)10-16(17)25-19/h1-6,8-10,20H,7H2,(H,21,23)(H,22,24). The molecule has 5 nitrogen and oxygen atoms in total. The Morgan fingerprint density at radius 2 is 2.20 bits per heavy atom. The zero-order valence-corrected chi connectivity index (χ0v) is 14.0. The zero-order chi connectivity index (χ0) is 16.8. The first-order valence-electron chi connectivity index (χ1n) is 8.01. The molecule has 0 spiro atoms. The molecule has 2 heterocycles. The molecule has 3 aromatic rings. The normalized spacial score (nSPS) is 14.7. The van der Waals surface area contributed by atoms with Gasteiger partial charge in [-0.15, -0.1) is 0 Å². The Hall–Kier alpha value is -3.12. The Kier molecular flexibility index (Phi) is 3.11. The number of carbonyl (C=O) groups is 1. The van der Waals surface area contributed by atoms with Crippen LogP contribution in [0, 0.1) is 0 Å². The van der Waals surface area contributed by atoms with Gasteiger partial charge in [0.15, 0.2) is 0 Å². The molecule has 1 aromatic carbocycles. The third-order valence-electron chi connectivity index (χ3n) is 4.37. The van der Waals surface area contributed by atoms with Crippen LogP contribution in [0.4, 0.5) is 5.13 Å². The summed E-state index contributed by atoms with van der Waals surface area (Å²) in [6.07, 6.45) is 9.37. The molecule has 1 amide bonds. The third-order valence-corrected chi connectivity index (χ3v) is 5.28. The van der Waals surface area contributed by atoms with Crippen LogP contribution in [0.15, 0.2) is 54.1 Å². The highest BCUT2D eigenvalue weighted by molar-refractivity contribution is 7.13. The number of hydrogen-bond acceptors (Lipinski definition) is 4. The average molecular weight is 346 g/mol. The number of aromatic nitrogens is 2. The third kappa shape index (κ3) is 2.38. The minimum atomic E-state index is -0.218. The van der Waals surface area contributed by atoms with E-state index >= 15 is 0 Å². The molecule has 0 bridgehead atoms. The Morgan fingerprint density at radius 3 is 3.12 bits per heavy atom. The molecule has 0 aliphatic heterocycles. The summed E-state index contributed by atoms with van der Waals surface area (Å²) >= 11 is 1.54. The van der Waals surface area contributed by atoms with E-state index in [1.807, 2.05) is 30.3 Å². The molecule has 3 N–H and O–H groups in total. The number of hydrazine groups is 1. The lowest BCUT2D eigenvalue weighted by molar-refractivity contribution is 0.0958. The minimum Gasteiger partial charge on any atom is -0.350 e. The molecule has 2 aromatic heterocycles. The quantitative estimate of drug-likeness (QED) is 0.637. The van der Waals surface area contributed by atoms with Crippen LogP contribution in [0.1, 0.15) is 16.9 Å². The summed E-state index contributed by atoms with van der Waals surface area (Å²) in [5, 5.41) is 2.71. The van der Waals surface area contributed by atoms with Crippen LogP contribution in [-0.2, 0) is 0 Å². The number of hydrogen-bond donors (Lipinski definition) is 3. The van der Waals surface area contributed by atoms with Crippen LogP contribution in [0.25, 0.3) is 22.6 Å². The van der Waals surface area contributed by atoms with Gasteiger partial charge in [-0.3, -0.25) is 15.6 Å². The van der Waals surface area contributed by atoms with Crippen molar-refractivity contribution in [3.05, 3.63) is 69.7 Å². The molecule has 0 radical (unpaired) electrons. The fraction of sp³-hybridized carbons (Fsp3) is 0.0526. The molecule has 5 rings (SSSR count). The monoisotopic (exact) mass is 346 g/mol. The Morgan fingerprint density at radius 1 is 1.28 bits per heavy atom. The summed E-state index contributed by atoms with van der Waals surface area (Å²) in [5.74, 6) is -0.218. The number of H-pyrrole nitrogens is 1. The van der Waals surface area contributed by atoms with E-state index in [2.05, 4.69) is 45.1 Å². The van der Waals surface area contributed by atoms with Crippen LogP contribution < -0.4 is 20.7 Å². The van der Waals surface area contributed by atoms with Gasteiger partial charge in [-0.05, 0) is 35.8 Å². The summed E-state index contributed by atoms with van der Waals surface area (Å²) < 4.78 is 1.13. The Bertz CT molecular complexity index is 1160. The SMILES string of the molecule is O=C(NNc1nc2c(s1)=CC1=CC=CCC=21)c1cc2ccccc2[nH]1. The number of aromatic amines is 1. The van der Waals surface area contributed by atoms with E-state index in [0.29, 0.717) is 10.8 Å². The largest absolute Gasteiger partial charge is 0.350 e. The van der Waals surface area contributed by atoms with Gasteiger partial charge in [0.1, 0.15) is 5.69 Å². The van der Waals surface area contributed by atoms with Crippen LogP contribution in [0.2, 0.25) is 0 Å². The minimum absolute atomic E-state index is 0.218. The van der Waals surface area contributed by atoms with Crippen molar-refractivity contribution in [2.24, 2.45) is 0 Å². The fourth-order valence-corrected chi connectivity index (χ4v) is 4.06. The number of benzene rings is 1. The molecule has 0 saturated heterocycles. The van der Waals surface area contributed by atoms with E-state index in [0.717, 1.165) is 27.2 Å². The van der Waals surface area contributed by atoms with Crippen LogP contribution in [0.5, 0.6) is 0 Å². The number of thiazole rings is 1. The topological polar surface area (TPSA) is 69.8 Å². The number of fused-ring (bicyclic) bond motifs is 3. The number of rotatable bonds is 3. The lowest BCUT2D eigenvalue weighted by atomic mass is 10.0. The number of nitrogens with one attached hydrogen (secondary N) is 3. The van der Waals surface area contributed by atoms with Gasteiger partial charge < -0.3 is 4.98 Å². The highest BCUT2D eigenvalue weighted by Gasteiger charge is 2.16. The second-order valence-corrected chi connectivity index (χ2v) is 6.99. The van der Waals surface area contributed by atoms with Crippen molar-refractivity contribution in [3.8, 4) is 0 Å². The molecule has 0 fully saturated rings. The first kappa shape index (κ1) is 14.2. The van der Waals surface area contributed by atoms with Crippen molar-refractivity contribution in [1.82, 2.24) is 15.4 Å². The summed E-state index contributed by atoms with van der Waals surface area (Å²) in [7, 11) is 0. The highest BCUT2D eigenvalue weighted by atomic mass is 32.1. The van der Waals surface area contributed by atoms with Gasteiger partial charge in [-0.2, -0.15) is 0 Å². The molecule has 0 saturated carbocycles. The first-order chi connectivity index (χ1) is 12.3. The zero-order valence-electron chi connectivity index (χ0n) is 13.2. The van der Waals surface area contributed by atoms with Crippen LogP contribution >= 0.6 is 11.3 Å². The van der Waals surface area contributed by atoms with E-state index < -0.39 is 0 Å². The molecule has 25 heavy (non-hydrogen) atoms. The van der Waals surface area contributed by atoms with Gasteiger partial charge in [0, 0.05) is 10.9 Å². The molecule has 6 heteroatoms. The second kappa shape index (κ2) is 5.46. The van der Waals surface area contributed by atoms with Gasteiger partial charge in [0.2, 0.25) is 5.13 Å². The van der Waals surface area contributed by atoms with Crippen molar-refractivity contribution in [2.75, 3.05) is 5.43 Å². The molecule has 2 aliphatic carbocycles. The molecule has 0 unspecified atom stereocenters. The van der Waals surface area contributed by atoms with Gasteiger partial charge in [0.05, 0.1) is 9.88 Å². The second-order valence-electron chi connectivity index (χ2n) is 5.96. The first-order valence-corrected chi connectivity index (χ1v) is 8.83. The molecule has 122 valence electrons. The van der Waals surface area contributed by atoms with E-state index in [-0.39, 0.29) is 5.91 Å². The van der Waals surface area contributed by atoms with Gasteiger partial charge in [-0.25, -0.2) is 4.98 Å². The number of anilines is 1. The number of carbonyl (C=O) groups excluding carboxylic acids is 1. The van der Waals surface area contributed by atoms with Crippen LogP contribution in [0.3, 0.4) is 0 Å². The number of nitrogens with zero attached hydrogens (tertiary/aromatic N) is 1.